The molecular formula is C26H22Cl2N4O3S2. The molecule has 0 spiro atoms. The van der Waals surface area contributed by atoms with Gasteiger partial charge in [-0.25, -0.2) is 8.42 Å². The number of nitrogens with zero attached hydrogens (tertiary/aromatic N) is 2. The predicted molar refractivity (Wildman–Crippen MR) is 152 cm³/mol. The lowest BCUT2D eigenvalue weighted by molar-refractivity contribution is 0.439. The van der Waals surface area contributed by atoms with Crippen LogP contribution in [0.15, 0.2) is 77.3 Å². The summed E-state index contributed by atoms with van der Waals surface area (Å²) in [6.07, 6.45) is 2.85. The molecule has 0 radical (unpaired) electrons. The monoisotopic (exact) mass is 572 g/mol. The van der Waals surface area contributed by atoms with Gasteiger partial charge in [0.25, 0.3) is 0 Å². The number of sulfonamides is 1. The van der Waals surface area contributed by atoms with Crippen LogP contribution in [0.25, 0.3) is 11.3 Å². The van der Waals surface area contributed by atoms with E-state index in [9.17, 15) is 8.42 Å². The van der Waals surface area contributed by atoms with E-state index in [1.165, 1.54) is 0 Å². The van der Waals surface area contributed by atoms with Crippen LogP contribution in [0.3, 0.4) is 0 Å². The number of furan rings is 1. The third-order valence-corrected chi connectivity index (χ3v) is 7.45. The number of benzene rings is 2. The summed E-state index contributed by atoms with van der Waals surface area (Å²) in [6.45, 7) is 1.84. The van der Waals surface area contributed by atoms with Gasteiger partial charge in [-0.1, -0.05) is 29.3 Å². The number of hydrogen-bond donors (Lipinski definition) is 2. The average Bonchev–Trinajstić information content (AvgIpc) is 3.45. The summed E-state index contributed by atoms with van der Waals surface area (Å²) in [5.41, 5.74) is 3.55. The maximum absolute atomic E-state index is 11.8. The Labute approximate surface area is 230 Å². The van der Waals surface area contributed by atoms with E-state index in [-0.39, 0.29) is 12.1 Å². The molecule has 2 atom stereocenters. The second kappa shape index (κ2) is 9.98. The van der Waals surface area contributed by atoms with Gasteiger partial charge in [0.2, 0.25) is 10.0 Å². The number of thiocarbonyl (C=S) groups is 1. The molecule has 2 N–H and O–H groups in total. The highest BCUT2D eigenvalue weighted by Gasteiger charge is 2.42. The quantitative estimate of drug-likeness (QED) is 0.255. The van der Waals surface area contributed by atoms with Crippen molar-refractivity contribution in [3.05, 3.63) is 100.0 Å². The van der Waals surface area contributed by atoms with Crippen LogP contribution in [0.1, 0.15) is 29.1 Å². The van der Waals surface area contributed by atoms with Gasteiger partial charge < -0.3 is 14.6 Å². The van der Waals surface area contributed by atoms with Crippen molar-refractivity contribution in [3.63, 3.8) is 0 Å². The molecule has 37 heavy (non-hydrogen) atoms. The fraction of sp³-hybridized carbons (Fsp3) is 0.154. The fourth-order valence-corrected chi connectivity index (χ4v) is 5.86. The normalized spacial score (nSPS) is 17.6. The Balaban J connectivity index is 1.59. The molecule has 0 bridgehead atoms. The van der Waals surface area contributed by atoms with Crippen molar-refractivity contribution < 1.29 is 12.8 Å². The first-order valence-corrected chi connectivity index (χ1v) is 14.3. The van der Waals surface area contributed by atoms with Gasteiger partial charge in [-0.05, 0) is 85.4 Å². The zero-order chi connectivity index (χ0) is 26.3. The largest absolute Gasteiger partial charge is 0.459 e. The Morgan fingerprint density at radius 1 is 1.08 bits per heavy atom. The van der Waals surface area contributed by atoms with Gasteiger partial charge in [0, 0.05) is 22.5 Å². The van der Waals surface area contributed by atoms with Crippen molar-refractivity contribution in [1.29, 1.82) is 0 Å². The van der Waals surface area contributed by atoms with E-state index < -0.39 is 10.0 Å². The molecule has 4 aromatic rings. The number of hydrogen-bond acceptors (Lipinski definition) is 5. The molecule has 5 rings (SSSR count). The van der Waals surface area contributed by atoms with Crippen LogP contribution in [-0.2, 0) is 10.0 Å². The second-order valence-corrected chi connectivity index (χ2v) is 11.7. The van der Waals surface area contributed by atoms with E-state index in [2.05, 4.69) is 15.0 Å². The van der Waals surface area contributed by atoms with Gasteiger partial charge in [0.1, 0.15) is 17.6 Å². The summed E-state index contributed by atoms with van der Waals surface area (Å²) in [5, 5.41) is 4.90. The Hall–Kier alpha value is -3.11. The lowest BCUT2D eigenvalue weighted by Crippen LogP contribution is -2.29. The SMILES string of the molecule is Cc1cc(N2C(=S)N[C@@H](c3ccccn3)[C@@H]2c2ccc(-c3ccc(Cl)cc3Cl)o2)ccc1NS(C)(=O)=O. The maximum atomic E-state index is 11.8. The first-order chi connectivity index (χ1) is 17.6. The minimum atomic E-state index is -3.41. The summed E-state index contributed by atoms with van der Waals surface area (Å²) in [4.78, 5) is 6.51. The zero-order valence-corrected chi connectivity index (χ0v) is 22.9. The first-order valence-electron chi connectivity index (χ1n) is 11.2. The standard InChI is InChI=1S/C26H22Cl2N4O3S2/c1-15-13-17(7-9-20(15)31-37(2,33)34)32-25(24(30-26(32)36)21-5-3-4-12-29-21)23-11-10-22(35-23)18-8-6-16(27)14-19(18)28/h3-14,24-25,31H,1-2H3,(H,30,36)/t24-,25-/m0/s1. The van der Waals surface area contributed by atoms with E-state index >= 15 is 0 Å². The minimum Gasteiger partial charge on any atom is -0.459 e. The van der Waals surface area contributed by atoms with E-state index in [0.717, 1.165) is 28.8 Å². The van der Waals surface area contributed by atoms with E-state index in [0.29, 0.717) is 32.4 Å². The van der Waals surface area contributed by atoms with Crippen LogP contribution in [0.5, 0.6) is 0 Å². The first kappa shape index (κ1) is 25.5. The van der Waals surface area contributed by atoms with Gasteiger partial charge in [0.05, 0.1) is 28.7 Å². The minimum absolute atomic E-state index is 0.303. The molecule has 190 valence electrons. The van der Waals surface area contributed by atoms with Gasteiger partial charge >= 0.3 is 0 Å². The summed E-state index contributed by atoms with van der Waals surface area (Å²) in [5.74, 6) is 1.25. The Bertz CT molecular complexity index is 1590. The third-order valence-electron chi connectivity index (χ3n) is 6.00. The van der Waals surface area contributed by atoms with Crippen molar-refractivity contribution in [2.75, 3.05) is 15.9 Å². The summed E-state index contributed by atoms with van der Waals surface area (Å²) >= 11 is 18.3. The van der Waals surface area contributed by atoms with Crippen molar-refractivity contribution in [2.45, 2.75) is 19.0 Å². The number of halogens is 2. The molecule has 7 nitrogen and oxygen atoms in total. The highest BCUT2D eigenvalue weighted by Crippen LogP contribution is 2.44. The zero-order valence-electron chi connectivity index (χ0n) is 19.8. The lowest BCUT2D eigenvalue weighted by atomic mass is 10.0. The molecule has 1 saturated heterocycles. The molecule has 2 aromatic carbocycles. The Morgan fingerprint density at radius 3 is 2.57 bits per heavy atom. The second-order valence-electron chi connectivity index (χ2n) is 8.70. The Kier molecular flexibility index (Phi) is 6.89. The van der Waals surface area contributed by atoms with Gasteiger partial charge in [-0.2, -0.15) is 0 Å². The molecule has 3 heterocycles. The molecule has 2 aromatic heterocycles. The molecule has 0 amide bonds. The van der Waals surface area contributed by atoms with Crippen LogP contribution < -0.4 is 14.9 Å². The topological polar surface area (TPSA) is 87.5 Å². The summed E-state index contributed by atoms with van der Waals surface area (Å²) in [7, 11) is -3.41. The predicted octanol–water partition coefficient (Wildman–Crippen LogP) is 6.51. The highest BCUT2D eigenvalue weighted by atomic mass is 35.5. The maximum Gasteiger partial charge on any atom is 0.229 e. The van der Waals surface area contributed by atoms with Gasteiger partial charge in [-0.15, -0.1) is 0 Å². The van der Waals surface area contributed by atoms with Crippen LogP contribution in [0.4, 0.5) is 11.4 Å². The van der Waals surface area contributed by atoms with E-state index in [1.54, 1.807) is 24.4 Å². The summed E-state index contributed by atoms with van der Waals surface area (Å²) in [6, 6.07) is 19.5. The molecule has 1 aliphatic heterocycles. The van der Waals surface area contributed by atoms with E-state index in [4.69, 9.17) is 39.8 Å². The number of aryl methyl sites for hydroxylation is 1. The van der Waals surface area contributed by atoms with Crippen LogP contribution >= 0.6 is 35.4 Å². The lowest BCUT2D eigenvalue weighted by Gasteiger charge is -2.26. The smallest absolute Gasteiger partial charge is 0.229 e. The van der Waals surface area contributed by atoms with Gasteiger partial charge in [0.15, 0.2) is 5.11 Å². The molecule has 1 fully saturated rings. The number of rotatable bonds is 6. The van der Waals surface area contributed by atoms with Crippen LogP contribution in [-0.4, -0.2) is 24.8 Å². The fourth-order valence-electron chi connectivity index (χ4n) is 4.38. The van der Waals surface area contributed by atoms with Crippen molar-refractivity contribution in [3.8, 4) is 11.3 Å². The third kappa shape index (κ3) is 5.31. The van der Waals surface area contributed by atoms with Gasteiger partial charge in [-0.3, -0.25) is 9.71 Å². The van der Waals surface area contributed by atoms with Crippen LogP contribution in [0.2, 0.25) is 10.0 Å². The Morgan fingerprint density at radius 2 is 1.89 bits per heavy atom. The molecule has 0 saturated carbocycles. The van der Waals surface area contributed by atoms with Crippen LogP contribution in [0, 0.1) is 6.92 Å². The molecular weight excluding hydrogens is 551 g/mol. The van der Waals surface area contributed by atoms with Crippen molar-refractivity contribution in [2.24, 2.45) is 0 Å². The number of pyridine rings is 1. The molecule has 1 aliphatic rings. The average molecular weight is 574 g/mol. The van der Waals surface area contributed by atoms with Crippen molar-refractivity contribution >= 4 is 61.9 Å². The van der Waals surface area contributed by atoms with E-state index in [1.807, 2.05) is 60.4 Å². The number of nitrogens with one attached hydrogen (secondary N) is 2. The summed E-state index contributed by atoms with van der Waals surface area (Å²) < 4.78 is 32.4. The molecule has 0 aliphatic carbocycles. The highest BCUT2D eigenvalue weighted by molar-refractivity contribution is 7.92. The molecule has 0 unspecified atom stereocenters. The number of aromatic nitrogens is 1. The number of anilines is 2. The van der Waals surface area contributed by atoms with Crippen molar-refractivity contribution in [1.82, 2.24) is 10.3 Å². The molecule has 11 heteroatoms.